The number of benzene rings is 3. The number of Topliss-reactive ketones (excluding diaryl/α,β-unsaturated/α-hetero) is 1. The van der Waals surface area contributed by atoms with E-state index >= 15 is 0 Å². The topological polar surface area (TPSA) is 57.6 Å². The molecule has 0 fully saturated rings. The van der Waals surface area contributed by atoms with Gasteiger partial charge in [0.05, 0.1) is 12.1 Å². The highest BCUT2D eigenvalue weighted by Gasteiger charge is 2.51. The summed E-state index contributed by atoms with van der Waals surface area (Å²) in [7, 11) is 0. The lowest BCUT2D eigenvalue weighted by molar-refractivity contribution is -0.135. The quantitative estimate of drug-likeness (QED) is 0.556. The number of anilines is 1. The van der Waals surface area contributed by atoms with Crippen molar-refractivity contribution < 1.29 is 14.7 Å². The van der Waals surface area contributed by atoms with Crippen LogP contribution in [0.3, 0.4) is 0 Å². The molecular weight excluding hydrogens is 410 g/mol. The van der Waals surface area contributed by atoms with Crippen LogP contribution in [0.5, 0.6) is 0 Å². The first-order valence-electron chi connectivity index (χ1n) is 10.3. The van der Waals surface area contributed by atoms with Gasteiger partial charge in [0.25, 0.3) is 5.91 Å². The molecule has 0 unspecified atom stereocenters. The van der Waals surface area contributed by atoms with Crippen molar-refractivity contribution in [3.05, 3.63) is 99.6 Å². The molecule has 1 N–H and O–H groups in total. The number of halogens is 1. The Morgan fingerprint density at radius 2 is 1.77 bits per heavy atom. The molecule has 5 heteroatoms. The molecule has 1 aliphatic rings. The zero-order valence-corrected chi connectivity index (χ0v) is 18.3. The fraction of sp³-hybridized carbons (Fsp3) is 0.231. The summed E-state index contributed by atoms with van der Waals surface area (Å²) in [5.74, 6) is -0.757. The second-order valence-corrected chi connectivity index (χ2v) is 8.57. The lowest BCUT2D eigenvalue weighted by Crippen LogP contribution is -2.42. The van der Waals surface area contributed by atoms with E-state index in [1.807, 2.05) is 56.3 Å². The standard InChI is InChI=1S/C26H24ClNO3/c1-17-8-9-18(2)21(14-17)24(29)16-26(31)22-15-20(27)10-11-23(22)28(25(26)30)13-12-19-6-4-3-5-7-19/h3-11,14-15,31H,12-13,16H2,1-2H3/t26-/m0/s1. The van der Waals surface area contributed by atoms with Gasteiger partial charge in [-0.2, -0.15) is 0 Å². The first-order valence-corrected chi connectivity index (χ1v) is 10.7. The Balaban J connectivity index is 1.67. The third-order valence-electron chi connectivity index (χ3n) is 5.87. The summed E-state index contributed by atoms with van der Waals surface area (Å²) >= 11 is 6.19. The van der Waals surface area contributed by atoms with E-state index in [-0.39, 0.29) is 12.2 Å². The second-order valence-electron chi connectivity index (χ2n) is 8.13. The van der Waals surface area contributed by atoms with Crippen molar-refractivity contribution in [3.63, 3.8) is 0 Å². The van der Waals surface area contributed by atoms with Gasteiger partial charge in [-0.1, -0.05) is 59.6 Å². The molecule has 31 heavy (non-hydrogen) atoms. The maximum Gasteiger partial charge on any atom is 0.264 e. The molecule has 0 spiro atoms. The fourth-order valence-corrected chi connectivity index (χ4v) is 4.34. The monoisotopic (exact) mass is 433 g/mol. The molecule has 4 rings (SSSR count). The number of ketones is 1. The molecule has 1 atom stereocenters. The zero-order valence-electron chi connectivity index (χ0n) is 17.6. The molecule has 0 bridgehead atoms. The van der Waals surface area contributed by atoms with Crippen molar-refractivity contribution in [2.75, 3.05) is 11.4 Å². The van der Waals surface area contributed by atoms with Gasteiger partial charge in [-0.05, 0) is 55.7 Å². The van der Waals surface area contributed by atoms with Gasteiger partial charge >= 0.3 is 0 Å². The predicted molar refractivity (Wildman–Crippen MR) is 123 cm³/mol. The molecule has 0 aliphatic carbocycles. The average molecular weight is 434 g/mol. The van der Waals surface area contributed by atoms with Crippen molar-refractivity contribution in [3.8, 4) is 0 Å². The molecule has 1 heterocycles. The molecular formula is C26H24ClNO3. The van der Waals surface area contributed by atoms with Crippen molar-refractivity contribution >= 4 is 29.0 Å². The summed E-state index contributed by atoms with van der Waals surface area (Å²) in [4.78, 5) is 28.1. The van der Waals surface area contributed by atoms with Crippen LogP contribution >= 0.6 is 11.6 Å². The minimum Gasteiger partial charge on any atom is -0.375 e. The maximum atomic E-state index is 13.4. The third-order valence-corrected chi connectivity index (χ3v) is 6.11. The normalized spacial score (nSPS) is 17.7. The summed E-state index contributed by atoms with van der Waals surface area (Å²) in [5.41, 5.74) is 2.42. The number of carbonyl (C=O) groups is 2. The first kappa shape index (κ1) is 21.3. The summed E-state index contributed by atoms with van der Waals surface area (Å²) in [6, 6.07) is 20.5. The SMILES string of the molecule is Cc1ccc(C)c(C(=O)C[C@@]2(O)C(=O)N(CCc3ccccc3)c3ccc(Cl)cc32)c1. The average Bonchev–Trinajstić information content (AvgIpc) is 2.95. The van der Waals surface area contributed by atoms with Crippen LogP contribution in [0.2, 0.25) is 5.02 Å². The minimum atomic E-state index is -1.94. The van der Waals surface area contributed by atoms with Gasteiger partial charge in [0, 0.05) is 22.7 Å². The number of carbonyl (C=O) groups excluding carboxylic acids is 2. The van der Waals surface area contributed by atoms with Crippen LogP contribution in [-0.4, -0.2) is 23.3 Å². The number of fused-ring (bicyclic) bond motifs is 1. The highest BCUT2D eigenvalue weighted by molar-refractivity contribution is 6.31. The molecule has 4 nitrogen and oxygen atoms in total. The first-order chi connectivity index (χ1) is 14.8. The van der Waals surface area contributed by atoms with Crippen LogP contribution in [-0.2, 0) is 16.8 Å². The van der Waals surface area contributed by atoms with Crippen LogP contribution < -0.4 is 4.90 Å². The van der Waals surface area contributed by atoms with Crippen molar-refractivity contribution in [1.29, 1.82) is 0 Å². The summed E-state index contributed by atoms with van der Waals surface area (Å²) in [5, 5.41) is 11.9. The van der Waals surface area contributed by atoms with Gasteiger partial charge in [-0.3, -0.25) is 9.59 Å². The summed E-state index contributed by atoms with van der Waals surface area (Å²) in [6.07, 6.45) is 0.307. The summed E-state index contributed by atoms with van der Waals surface area (Å²) in [6.45, 7) is 4.16. The van der Waals surface area contributed by atoms with Crippen LogP contribution in [0.4, 0.5) is 5.69 Å². The van der Waals surface area contributed by atoms with Crippen LogP contribution in [0, 0.1) is 13.8 Å². The molecule has 3 aromatic rings. The van der Waals surface area contributed by atoms with E-state index in [4.69, 9.17) is 11.6 Å². The van der Waals surface area contributed by atoms with E-state index in [0.29, 0.717) is 34.8 Å². The highest BCUT2D eigenvalue weighted by Crippen LogP contribution is 2.44. The smallest absolute Gasteiger partial charge is 0.264 e. The van der Waals surface area contributed by atoms with Gasteiger partial charge in [0.1, 0.15) is 0 Å². The fourth-order valence-electron chi connectivity index (χ4n) is 4.17. The van der Waals surface area contributed by atoms with Crippen molar-refractivity contribution in [2.45, 2.75) is 32.3 Å². The largest absolute Gasteiger partial charge is 0.375 e. The Hall–Kier alpha value is -2.95. The number of rotatable bonds is 6. The Labute approximate surface area is 187 Å². The molecule has 3 aromatic carbocycles. The highest BCUT2D eigenvalue weighted by atomic mass is 35.5. The van der Waals surface area contributed by atoms with Gasteiger partial charge in [-0.25, -0.2) is 0 Å². The van der Waals surface area contributed by atoms with Crippen LogP contribution in [0.1, 0.15) is 39.0 Å². The van der Waals surface area contributed by atoms with E-state index in [1.54, 1.807) is 29.2 Å². The Morgan fingerprint density at radius 1 is 1.03 bits per heavy atom. The maximum absolute atomic E-state index is 13.4. The van der Waals surface area contributed by atoms with Crippen molar-refractivity contribution in [2.24, 2.45) is 0 Å². The molecule has 1 amide bonds. The van der Waals surface area contributed by atoms with E-state index < -0.39 is 11.5 Å². The molecule has 0 saturated carbocycles. The van der Waals surface area contributed by atoms with E-state index in [0.717, 1.165) is 16.7 Å². The zero-order chi connectivity index (χ0) is 22.2. The lowest BCUT2D eigenvalue weighted by Gasteiger charge is -2.23. The third kappa shape index (κ3) is 4.01. The number of nitrogens with zero attached hydrogens (tertiary/aromatic N) is 1. The number of hydrogen-bond acceptors (Lipinski definition) is 3. The van der Waals surface area contributed by atoms with Gasteiger partial charge in [-0.15, -0.1) is 0 Å². The van der Waals surface area contributed by atoms with Crippen LogP contribution in [0.25, 0.3) is 0 Å². The van der Waals surface area contributed by atoms with E-state index in [2.05, 4.69) is 0 Å². The van der Waals surface area contributed by atoms with E-state index in [1.165, 1.54) is 0 Å². The van der Waals surface area contributed by atoms with Gasteiger partial charge in [0.15, 0.2) is 11.4 Å². The molecule has 1 aliphatic heterocycles. The number of amides is 1. The van der Waals surface area contributed by atoms with Gasteiger partial charge in [0.2, 0.25) is 0 Å². The Morgan fingerprint density at radius 3 is 2.52 bits per heavy atom. The molecule has 0 radical (unpaired) electrons. The molecule has 0 aromatic heterocycles. The predicted octanol–water partition coefficient (Wildman–Crippen LogP) is 5.01. The number of hydrogen-bond donors (Lipinski definition) is 1. The Bertz CT molecular complexity index is 1160. The van der Waals surface area contributed by atoms with E-state index in [9.17, 15) is 14.7 Å². The van der Waals surface area contributed by atoms with Crippen LogP contribution in [0.15, 0.2) is 66.7 Å². The van der Waals surface area contributed by atoms with Gasteiger partial charge < -0.3 is 10.0 Å². The number of aryl methyl sites for hydroxylation is 2. The minimum absolute atomic E-state index is 0.270. The second kappa shape index (κ2) is 8.29. The molecule has 158 valence electrons. The Kier molecular flexibility index (Phi) is 5.69. The van der Waals surface area contributed by atoms with Crippen molar-refractivity contribution in [1.82, 2.24) is 0 Å². The number of aliphatic hydroxyl groups is 1. The molecule has 0 saturated heterocycles. The lowest BCUT2D eigenvalue weighted by atomic mass is 9.87. The summed E-state index contributed by atoms with van der Waals surface area (Å²) < 4.78 is 0.